The van der Waals surface area contributed by atoms with Gasteiger partial charge in [-0.2, -0.15) is 0 Å². The molecule has 0 spiro atoms. The summed E-state index contributed by atoms with van der Waals surface area (Å²) < 4.78 is 34.1. The Bertz CT molecular complexity index is 1360. The van der Waals surface area contributed by atoms with Gasteiger partial charge in [0.25, 0.3) is 0 Å². The lowest BCUT2D eigenvalue weighted by molar-refractivity contribution is -0.141. The lowest BCUT2D eigenvalue weighted by Gasteiger charge is -2.24. The Morgan fingerprint density at radius 3 is 2.14 bits per heavy atom. The summed E-state index contributed by atoms with van der Waals surface area (Å²) in [5.41, 5.74) is 3.84. The van der Waals surface area contributed by atoms with Crippen LogP contribution in [0.3, 0.4) is 0 Å². The number of esters is 2. The van der Waals surface area contributed by atoms with Crippen LogP contribution in [0.4, 0.5) is 0 Å². The molecule has 0 amide bonds. The van der Waals surface area contributed by atoms with Crippen LogP contribution in [0.1, 0.15) is 47.0 Å². The zero-order chi connectivity index (χ0) is 30.1. The number of hydrogen-bond acceptors (Lipinski definition) is 8. The van der Waals surface area contributed by atoms with Gasteiger partial charge in [-0.3, -0.25) is 0 Å². The van der Waals surface area contributed by atoms with E-state index in [1.54, 1.807) is 53.4 Å². The van der Waals surface area contributed by atoms with Crippen LogP contribution in [0.25, 0.3) is 0 Å². The summed E-state index contributed by atoms with van der Waals surface area (Å²) in [6.45, 7) is 4.40. The van der Waals surface area contributed by atoms with E-state index in [4.69, 9.17) is 28.4 Å². The number of allylic oxidation sites excluding steroid dienone is 1. The topological polar surface area (TPSA) is 89.5 Å². The van der Waals surface area contributed by atoms with E-state index in [0.29, 0.717) is 41.4 Å². The minimum absolute atomic E-state index is 0.0451. The van der Waals surface area contributed by atoms with Crippen LogP contribution in [-0.2, 0) is 32.0 Å². The van der Waals surface area contributed by atoms with Gasteiger partial charge in [-0.15, -0.1) is 0 Å². The van der Waals surface area contributed by atoms with E-state index >= 15 is 0 Å². The van der Waals surface area contributed by atoms with Gasteiger partial charge in [-0.1, -0.05) is 48.5 Å². The van der Waals surface area contributed by atoms with Crippen molar-refractivity contribution in [2.24, 2.45) is 11.8 Å². The fraction of sp³-hybridized carbons (Fsp3) is 0.353. The Kier molecular flexibility index (Phi) is 10.6. The van der Waals surface area contributed by atoms with Gasteiger partial charge in [-0.25, -0.2) is 9.59 Å². The van der Waals surface area contributed by atoms with Crippen molar-refractivity contribution in [2.75, 3.05) is 34.5 Å². The van der Waals surface area contributed by atoms with Crippen molar-refractivity contribution in [1.29, 1.82) is 0 Å². The van der Waals surface area contributed by atoms with E-state index < -0.39 is 0 Å². The number of benzene rings is 3. The number of ether oxygens (including phenoxy) is 6. The highest BCUT2D eigenvalue weighted by molar-refractivity contribution is 5.89. The van der Waals surface area contributed by atoms with E-state index in [9.17, 15) is 9.59 Å². The second kappa shape index (κ2) is 14.5. The number of methoxy groups -OCH3 is 3. The van der Waals surface area contributed by atoms with E-state index in [-0.39, 0.29) is 43.1 Å². The first kappa shape index (κ1) is 30.7. The van der Waals surface area contributed by atoms with Crippen molar-refractivity contribution >= 4 is 11.9 Å². The molecule has 0 saturated carbocycles. The van der Waals surface area contributed by atoms with Crippen molar-refractivity contribution in [3.05, 3.63) is 101 Å². The predicted molar refractivity (Wildman–Crippen MR) is 158 cm³/mol. The number of carbonyl (C=O) groups is 2. The molecule has 42 heavy (non-hydrogen) atoms. The molecule has 1 fully saturated rings. The molecule has 0 bridgehead atoms. The largest absolute Gasteiger partial charge is 0.493 e. The van der Waals surface area contributed by atoms with Gasteiger partial charge in [0.2, 0.25) is 5.75 Å². The molecule has 8 heteroatoms. The monoisotopic (exact) mass is 574 g/mol. The average Bonchev–Trinajstić information content (AvgIpc) is 3.43. The second-order valence-electron chi connectivity index (χ2n) is 10.2. The maximum absolute atomic E-state index is 12.6. The molecule has 1 saturated heterocycles. The van der Waals surface area contributed by atoms with Crippen LogP contribution in [0.5, 0.6) is 17.2 Å². The van der Waals surface area contributed by atoms with Gasteiger partial charge < -0.3 is 28.4 Å². The van der Waals surface area contributed by atoms with E-state index in [2.05, 4.69) is 0 Å². The first-order valence-electron chi connectivity index (χ1n) is 13.9. The van der Waals surface area contributed by atoms with Crippen LogP contribution in [-0.4, -0.2) is 46.5 Å². The first-order chi connectivity index (χ1) is 20.4. The molecular formula is C34H38O8. The summed E-state index contributed by atoms with van der Waals surface area (Å²) in [7, 11) is 4.70. The molecule has 4 rings (SSSR count). The molecule has 1 aliphatic rings. The SMILES string of the molecule is C/C=C(/C)C(=O)OC[C@H]1[C@@H](Cc2ccc(C(=O)OCc3ccccc3)cc2)CO[C@@H]1c1cc(OC)c(OC)c(OC)c1. The molecular weight excluding hydrogens is 536 g/mol. The Morgan fingerprint density at radius 1 is 0.881 bits per heavy atom. The normalized spacial score (nSPS) is 18.3. The highest BCUT2D eigenvalue weighted by Crippen LogP contribution is 2.46. The Balaban J connectivity index is 1.51. The highest BCUT2D eigenvalue weighted by Gasteiger charge is 2.40. The maximum atomic E-state index is 12.6. The van der Waals surface area contributed by atoms with E-state index in [1.807, 2.05) is 54.6 Å². The zero-order valence-corrected chi connectivity index (χ0v) is 24.8. The third kappa shape index (κ3) is 7.31. The predicted octanol–water partition coefficient (Wildman–Crippen LogP) is 6.13. The van der Waals surface area contributed by atoms with Gasteiger partial charge in [0, 0.05) is 11.5 Å². The molecule has 0 radical (unpaired) electrons. The smallest absolute Gasteiger partial charge is 0.338 e. The van der Waals surface area contributed by atoms with Gasteiger partial charge in [-0.05, 0) is 67.1 Å². The average molecular weight is 575 g/mol. The Labute approximate surface area is 247 Å². The van der Waals surface area contributed by atoms with Gasteiger partial charge >= 0.3 is 11.9 Å². The van der Waals surface area contributed by atoms with Crippen molar-refractivity contribution in [1.82, 2.24) is 0 Å². The Morgan fingerprint density at radius 2 is 1.55 bits per heavy atom. The van der Waals surface area contributed by atoms with Crippen LogP contribution in [0, 0.1) is 11.8 Å². The highest BCUT2D eigenvalue weighted by atomic mass is 16.5. The Hall–Kier alpha value is -4.30. The zero-order valence-electron chi connectivity index (χ0n) is 24.8. The summed E-state index contributed by atoms with van der Waals surface area (Å²) in [4.78, 5) is 25.1. The number of hydrogen-bond donors (Lipinski definition) is 0. The quantitative estimate of drug-likeness (QED) is 0.189. The third-order valence-corrected chi connectivity index (χ3v) is 7.56. The lowest BCUT2D eigenvalue weighted by Crippen LogP contribution is -2.24. The lowest BCUT2D eigenvalue weighted by atomic mass is 9.84. The number of rotatable bonds is 12. The molecule has 1 heterocycles. The summed E-state index contributed by atoms with van der Waals surface area (Å²) in [5, 5.41) is 0. The molecule has 222 valence electrons. The van der Waals surface area contributed by atoms with Gasteiger partial charge in [0.15, 0.2) is 11.5 Å². The molecule has 3 aromatic carbocycles. The molecule has 1 aliphatic heterocycles. The van der Waals surface area contributed by atoms with Crippen molar-refractivity contribution in [3.8, 4) is 17.2 Å². The molecule has 0 N–H and O–H groups in total. The van der Waals surface area contributed by atoms with Crippen LogP contribution in [0.15, 0.2) is 78.4 Å². The molecule has 8 nitrogen and oxygen atoms in total. The molecule has 3 atom stereocenters. The minimum Gasteiger partial charge on any atom is -0.493 e. The second-order valence-corrected chi connectivity index (χ2v) is 10.2. The first-order valence-corrected chi connectivity index (χ1v) is 13.9. The molecule has 0 aromatic heterocycles. The van der Waals surface area contributed by atoms with Crippen molar-refractivity contribution < 1.29 is 38.0 Å². The van der Waals surface area contributed by atoms with Gasteiger partial charge in [0.05, 0.1) is 46.2 Å². The van der Waals surface area contributed by atoms with E-state index in [0.717, 1.165) is 16.7 Å². The van der Waals surface area contributed by atoms with Gasteiger partial charge in [0.1, 0.15) is 6.61 Å². The summed E-state index contributed by atoms with van der Waals surface area (Å²) in [6.07, 6.45) is 2.04. The molecule has 0 unspecified atom stereocenters. The third-order valence-electron chi connectivity index (χ3n) is 7.56. The van der Waals surface area contributed by atoms with E-state index in [1.165, 1.54) is 0 Å². The minimum atomic E-state index is -0.374. The fourth-order valence-electron chi connectivity index (χ4n) is 5.05. The summed E-state index contributed by atoms with van der Waals surface area (Å²) >= 11 is 0. The van der Waals surface area contributed by atoms with Crippen molar-refractivity contribution in [2.45, 2.75) is 33.0 Å². The standard InChI is InChI=1S/C34H38O8/c1-6-22(2)33(35)42-21-28-27(20-40-31(28)26-17-29(37-3)32(39-5)30(18-26)38-4)16-23-12-14-25(15-13-23)34(36)41-19-24-10-8-7-9-11-24/h6-15,17-18,27-28,31H,16,19-21H2,1-5H3/b22-6-/t27-,28-,31+/m0/s1. The fourth-order valence-corrected chi connectivity index (χ4v) is 5.05. The van der Waals surface area contributed by atoms with Crippen LogP contribution < -0.4 is 14.2 Å². The van der Waals surface area contributed by atoms with Crippen LogP contribution >= 0.6 is 0 Å². The van der Waals surface area contributed by atoms with Crippen LogP contribution in [0.2, 0.25) is 0 Å². The summed E-state index contributed by atoms with van der Waals surface area (Å²) in [6, 6.07) is 20.7. The molecule has 3 aromatic rings. The summed E-state index contributed by atoms with van der Waals surface area (Å²) in [5.74, 6) is 0.711. The van der Waals surface area contributed by atoms with Crippen molar-refractivity contribution in [3.63, 3.8) is 0 Å². The maximum Gasteiger partial charge on any atom is 0.338 e. The number of carbonyl (C=O) groups excluding carboxylic acids is 2. The molecule has 0 aliphatic carbocycles.